The third-order valence-electron chi connectivity index (χ3n) is 6.43. The van der Waals surface area contributed by atoms with Crippen molar-refractivity contribution in [1.82, 2.24) is 4.90 Å². The van der Waals surface area contributed by atoms with Crippen LogP contribution in [0.3, 0.4) is 0 Å². The van der Waals surface area contributed by atoms with Crippen LogP contribution < -0.4 is 0 Å². The van der Waals surface area contributed by atoms with Crippen LogP contribution in [0.5, 0.6) is 0 Å². The van der Waals surface area contributed by atoms with Gasteiger partial charge >= 0.3 is 0 Å². The van der Waals surface area contributed by atoms with E-state index in [1.807, 2.05) is 0 Å². The lowest BCUT2D eigenvalue weighted by atomic mass is 9.72. The summed E-state index contributed by atoms with van der Waals surface area (Å²) in [4.78, 5) is 2.73. The van der Waals surface area contributed by atoms with E-state index < -0.39 is 0 Å². The van der Waals surface area contributed by atoms with Gasteiger partial charge in [0.05, 0.1) is 0 Å². The van der Waals surface area contributed by atoms with Gasteiger partial charge in [-0.05, 0) is 40.7 Å². The molecule has 2 aliphatic heterocycles. The topological polar surface area (TPSA) is 3.24 Å². The van der Waals surface area contributed by atoms with Crippen molar-refractivity contribution in [3.8, 4) is 0 Å². The fourth-order valence-corrected chi connectivity index (χ4v) is 5.15. The summed E-state index contributed by atoms with van der Waals surface area (Å²) in [6.45, 7) is 4.67. The smallest absolute Gasteiger partial charge is 0.0392 e. The highest BCUT2D eigenvalue weighted by atomic mass is 15.2. The Kier molecular flexibility index (Phi) is 3.72. The number of hydrogen-bond donors (Lipinski definition) is 0. The van der Waals surface area contributed by atoms with Gasteiger partial charge in [0, 0.05) is 24.5 Å². The van der Waals surface area contributed by atoms with Crippen molar-refractivity contribution in [3.63, 3.8) is 0 Å². The molecule has 1 nitrogen and oxygen atoms in total. The van der Waals surface area contributed by atoms with E-state index in [4.69, 9.17) is 0 Å². The first kappa shape index (κ1) is 15.8. The van der Waals surface area contributed by atoms with Gasteiger partial charge in [-0.3, -0.25) is 4.90 Å². The predicted octanol–water partition coefficient (Wildman–Crippen LogP) is 5.15. The Morgan fingerprint density at radius 3 is 2.38 bits per heavy atom. The van der Waals surface area contributed by atoms with E-state index in [1.54, 1.807) is 0 Å². The van der Waals surface area contributed by atoms with Crippen molar-refractivity contribution < 1.29 is 0 Å². The number of benzene rings is 3. The van der Waals surface area contributed by atoms with Gasteiger partial charge in [0.25, 0.3) is 0 Å². The van der Waals surface area contributed by atoms with Gasteiger partial charge in [-0.1, -0.05) is 85.8 Å². The summed E-state index contributed by atoms with van der Waals surface area (Å²) in [6.07, 6.45) is 2.24. The molecule has 2 heterocycles. The summed E-state index contributed by atoms with van der Waals surface area (Å²) in [5.41, 5.74) is 7.63. The van der Waals surface area contributed by atoms with E-state index >= 15 is 0 Å². The van der Waals surface area contributed by atoms with Crippen LogP contribution in [0, 0.1) is 0 Å². The van der Waals surface area contributed by atoms with Gasteiger partial charge in [-0.25, -0.2) is 0 Å². The van der Waals surface area contributed by atoms with Gasteiger partial charge in [-0.15, -0.1) is 0 Å². The molecular weight excluding hydrogens is 314 g/mol. The number of nitrogens with zero attached hydrogens (tertiary/aromatic N) is 1. The standard InChI is InChI=1S/C25H25N/c1-25-18-26(16-15-19-9-3-2-4-10-19)24(21-12-6-8-14-23(21)25)17-20-11-5-7-13-22(20)25/h2-14,24H,15-18H2,1H3. The molecule has 3 aliphatic rings. The van der Waals surface area contributed by atoms with Crippen LogP contribution in [0.2, 0.25) is 0 Å². The molecular formula is C25H25N. The Bertz CT molecular complexity index is 930. The van der Waals surface area contributed by atoms with E-state index in [1.165, 1.54) is 27.8 Å². The maximum absolute atomic E-state index is 2.73. The van der Waals surface area contributed by atoms with Crippen LogP contribution in [0.15, 0.2) is 78.9 Å². The summed E-state index contributed by atoms with van der Waals surface area (Å²) < 4.78 is 0. The predicted molar refractivity (Wildman–Crippen MR) is 108 cm³/mol. The van der Waals surface area contributed by atoms with E-state index in [2.05, 4.69) is 90.7 Å². The Morgan fingerprint density at radius 2 is 1.54 bits per heavy atom. The molecule has 0 amide bonds. The van der Waals surface area contributed by atoms with Gasteiger partial charge in [0.2, 0.25) is 0 Å². The molecule has 26 heavy (non-hydrogen) atoms. The third-order valence-corrected chi connectivity index (χ3v) is 6.43. The maximum Gasteiger partial charge on any atom is 0.0392 e. The molecule has 0 aromatic heterocycles. The van der Waals surface area contributed by atoms with Crippen molar-refractivity contribution >= 4 is 0 Å². The number of rotatable bonds is 3. The van der Waals surface area contributed by atoms with Crippen LogP contribution in [0.25, 0.3) is 0 Å². The minimum atomic E-state index is 0.0802. The summed E-state index contributed by atoms with van der Waals surface area (Å²) in [5.74, 6) is 0. The lowest BCUT2D eigenvalue weighted by Gasteiger charge is -2.44. The van der Waals surface area contributed by atoms with Crippen LogP contribution >= 0.6 is 0 Å². The second kappa shape index (κ2) is 6.10. The normalized spacial score (nSPS) is 24.0. The highest BCUT2D eigenvalue weighted by Crippen LogP contribution is 2.49. The van der Waals surface area contributed by atoms with Crippen LogP contribution in [-0.4, -0.2) is 18.0 Å². The lowest BCUT2D eigenvalue weighted by molar-refractivity contribution is 0.158. The number of fused-ring (bicyclic) bond motifs is 1. The molecule has 1 heteroatoms. The molecule has 0 N–H and O–H groups in total. The first-order chi connectivity index (χ1) is 12.8. The molecule has 0 radical (unpaired) electrons. The van der Waals surface area contributed by atoms with Crippen molar-refractivity contribution in [2.24, 2.45) is 0 Å². The summed E-state index contributed by atoms with van der Waals surface area (Å²) in [7, 11) is 0. The molecule has 130 valence electrons. The SMILES string of the molecule is CC12CN(CCc3ccccc3)C(Cc3ccccc31)c1ccccc12. The van der Waals surface area contributed by atoms with Gasteiger partial charge < -0.3 is 0 Å². The van der Waals surface area contributed by atoms with Gasteiger partial charge in [-0.2, -0.15) is 0 Å². The molecule has 6 rings (SSSR count). The lowest BCUT2D eigenvalue weighted by Crippen LogP contribution is -2.46. The van der Waals surface area contributed by atoms with Crippen molar-refractivity contribution in [2.75, 3.05) is 13.1 Å². The summed E-state index contributed by atoms with van der Waals surface area (Å²) in [5, 5.41) is 0. The van der Waals surface area contributed by atoms with Crippen molar-refractivity contribution in [2.45, 2.75) is 31.2 Å². The van der Waals surface area contributed by atoms with Gasteiger partial charge in [0.1, 0.15) is 0 Å². The Hall–Kier alpha value is -2.38. The van der Waals surface area contributed by atoms with E-state index in [0.29, 0.717) is 6.04 Å². The zero-order valence-corrected chi connectivity index (χ0v) is 15.4. The van der Waals surface area contributed by atoms with E-state index in [9.17, 15) is 0 Å². The summed E-state index contributed by atoms with van der Waals surface area (Å²) >= 11 is 0. The first-order valence-electron chi connectivity index (χ1n) is 9.71. The molecule has 3 aromatic carbocycles. The average Bonchev–Trinajstić information content (AvgIpc) is 2.89. The molecule has 0 fully saturated rings. The molecule has 2 bridgehead atoms. The van der Waals surface area contributed by atoms with Crippen molar-refractivity contribution in [3.05, 3.63) is 107 Å². The number of hydrogen-bond acceptors (Lipinski definition) is 1. The summed E-state index contributed by atoms with van der Waals surface area (Å²) in [6, 6.07) is 29.6. The highest BCUT2D eigenvalue weighted by Gasteiger charge is 2.45. The third kappa shape index (κ3) is 2.42. The molecule has 1 aliphatic carbocycles. The monoisotopic (exact) mass is 339 g/mol. The van der Waals surface area contributed by atoms with Crippen molar-refractivity contribution in [1.29, 1.82) is 0 Å². The minimum Gasteiger partial charge on any atom is -0.294 e. The minimum absolute atomic E-state index is 0.0802. The fraction of sp³-hybridized carbons (Fsp3) is 0.280. The van der Waals surface area contributed by atoms with Crippen LogP contribution in [-0.2, 0) is 18.3 Å². The quantitative estimate of drug-likeness (QED) is 0.638. The molecule has 0 saturated heterocycles. The van der Waals surface area contributed by atoms with Crippen LogP contribution in [0.4, 0.5) is 0 Å². The van der Waals surface area contributed by atoms with Gasteiger partial charge in [0.15, 0.2) is 0 Å². The van der Waals surface area contributed by atoms with Crippen LogP contribution in [0.1, 0.15) is 40.8 Å². The molecule has 2 atom stereocenters. The Labute approximate surface area is 156 Å². The maximum atomic E-state index is 2.73. The molecule has 2 unspecified atom stereocenters. The Balaban J connectivity index is 1.56. The van der Waals surface area contributed by atoms with E-state index in [-0.39, 0.29) is 5.41 Å². The molecule has 0 spiro atoms. The average molecular weight is 339 g/mol. The zero-order chi connectivity index (χ0) is 17.6. The second-order valence-corrected chi connectivity index (χ2v) is 8.00. The fourth-order valence-electron chi connectivity index (χ4n) is 5.15. The van der Waals surface area contributed by atoms with E-state index in [0.717, 1.165) is 25.9 Å². The molecule has 0 saturated carbocycles. The molecule has 3 aromatic rings. The largest absolute Gasteiger partial charge is 0.294 e. The first-order valence-corrected chi connectivity index (χ1v) is 9.71. The highest BCUT2D eigenvalue weighted by molar-refractivity contribution is 5.53. The Morgan fingerprint density at radius 1 is 0.846 bits per heavy atom. The zero-order valence-electron chi connectivity index (χ0n) is 15.4. The second-order valence-electron chi connectivity index (χ2n) is 8.00.